The van der Waals surface area contributed by atoms with E-state index in [0.29, 0.717) is 6.42 Å². The zero-order valence-corrected chi connectivity index (χ0v) is 9.62. The molecule has 0 spiro atoms. The lowest BCUT2D eigenvalue weighted by Gasteiger charge is -2.26. The van der Waals surface area contributed by atoms with Crippen molar-refractivity contribution in [2.24, 2.45) is 0 Å². The van der Waals surface area contributed by atoms with Gasteiger partial charge in [0.1, 0.15) is 11.6 Å². The molecular weight excluding hydrogens is 297 g/mol. The summed E-state index contributed by atoms with van der Waals surface area (Å²) in [5.41, 5.74) is -1.76. The number of alkyl halides is 7. The zero-order chi connectivity index (χ0) is 15.8. The number of rotatable bonds is 3. The number of carbonyl (C=O) groups is 1. The third-order valence-corrected chi connectivity index (χ3v) is 2.62. The van der Waals surface area contributed by atoms with Crippen molar-refractivity contribution in [2.75, 3.05) is 6.54 Å². The molecule has 3 nitrogen and oxygen atoms in total. The number of allylic oxidation sites excluding steroid dienone is 2. The summed E-state index contributed by atoms with van der Waals surface area (Å²) in [7, 11) is 0. The van der Waals surface area contributed by atoms with Crippen molar-refractivity contribution >= 4 is 5.78 Å². The minimum absolute atomic E-state index is 0.0533. The summed E-state index contributed by atoms with van der Waals surface area (Å²) >= 11 is 0. The first-order valence-electron chi connectivity index (χ1n) is 5.21. The van der Waals surface area contributed by atoms with Gasteiger partial charge >= 0.3 is 18.0 Å². The quantitative estimate of drug-likeness (QED) is 0.495. The van der Waals surface area contributed by atoms with Crippen LogP contribution in [0.4, 0.5) is 30.7 Å². The molecule has 0 bridgehead atoms. The van der Waals surface area contributed by atoms with Crippen LogP contribution >= 0.6 is 0 Å². The highest BCUT2D eigenvalue weighted by atomic mass is 19.4. The molecule has 1 aliphatic heterocycles. The number of hydrogen-bond acceptors (Lipinski definition) is 3. The highest BCUT2D eigenvalue weighted by Crippen LogP contribution is 2.47. The third-order valence-electron chi connectivity index (χ3n) is 2.62. The molecule has 1 heterocycles. The van der Waals surface area contributed by atoms with Gasteiger partial charge in [-0.3, -0.25) is 4.79 Å². The highest BCUT2D eigenvalue weighted by Gasteiger charge is 2.76. The van der Waals surface area contributed by atoms with Crippen LogP contribution in [0.15, 0.2) is 11.3 Å². The molecule has 112 valence electrons. The molecule has 1 fully saturated rings. The zero-order valence-electron chi connectivity index (χ0n) is 9.62. The van der Waals surface area contributed by atoms with Crippen LogP contribution in [-0.4, -0.2) is 30.3 Å². The SMILES string of the molecule is N#C/C(C(=O)C(F)(F)C(F)(F)C(F)(F)F)=C1\CCCN1. The van der Waals surface area contributed by atoms with Gasteiger partial charge in [-0.2, -0.15) is 36.0 Å². The van der Waals surface area contributed by atoms with E-state index in [-0.39, 0.29) is 18.7 Å². The largest absolute Gasteiger partial charge is 0.460 e. The van der Waals surface area contributed by atoms with Gasteiger partial charge in [-0.15, -0.1) is 0 Å². The number of hydrogen-bond donors (Lipinski definition) is 1. The molecule has 1 rings (SSSR count). The summed E-state index contributed by atoms with van der Waals surface area (Å²) in [6, 6.07) is 0.960. The van der Waals surface area contributed by atoms with E-state index in [0.717, 1.165) is 6.07 Å². The van der Waals surface area contributed by atoms with Crippen molar-refractivity contribution in [2.45, 2.75) is 30.9 Å². The smallest absolute Gasteiger partial charge is 0.387 e. The predicted molar refractivity (Wildman–Crippen MR) is 50.8 cm³/mol. The Bertz CT molecular complexity index is 479. The summed E-state index contributed by atoms with van der Waals surface area (Å²) in [5, 5.41) is 10.9. The maximum Gasteiger partial charge on any atom is 0.460 e. The normalized spacial score (nSPS) is 19.3. The molecule has 0 unspecified atom stereocenters. The first-order chi connectivity index (χ1) is 8.96. The number of Topliss-reactive ketones (excluding diaryl/α,β-unsaturated/α-hetero) is 1. The maximum atomic E-state index is 13.1. The molecule has 0 aromatic heterocycles. The van der Waals surface area contributed by atoms with E-state index in [9.17, 15) is 35.5 Å². The van der Waals surface area contributed by atoms with Gasteiger partial charge in [-0.25, -0.2) is 0 Å². The summed E-state index contributed by atoms with van der Waals surface area (Å²) in [4.78, 5) is 11.2. The van der Waals surface area contributed by atoms with E-state index >= 15 is 0 Å². The maximum absolute atomic E-state index is 13.1. The Labute approximate surface area is 108 Å². The lowest BCUT2D eigenvalue weighted by molar-refractivity contribution is -0.342. The molecule has 0 aromatic rings. The number of nitrogens with one attached hydrogen (secondary N) is 1. The van der Waals surface area contributed by atoms with Gasteiger partial charge in [-0.1, -0.05) is 0 Å². The van der Waals surface area contributed by atoms with Crippen molar-refractivity contribution < 1.29 is 35.5 Å². The topological polar surface area (TPSA) is 52.9 Å². The van der Waals surface area contributed by atoms with Crippen molar-refractivity contribution in [3.05, 3.63) is 11.3 Å². The molecule has 1 saturated heterocycles. The van der Waals surface area contributed by atoms with Gasteiger partial charge in [0, 0.05) is 12.2 Å². The first kappa shape index (κ1) is 16.3. The van der Waals surface area contributed by atoms with Crippen LogP contribution in [0.2, 0.25) is 0 Å². The molecule has 0 aromatic carbocycles. The number of nitriles is 1. The summed E-state index contributed by atoms with van der Waals surface area (Å²) in [6.45, 7) is 0.203. The molecule has 20 heavy (non-hydrogen) atoms. The molecule has 0 atom stereocenters. The summed E-state index contributed by atoms with van der Waals surface area (Å²) in [5.74, 6) is -15.4. The Morgan fingerprint density at radius 1 is 1.15 bits per heavy atom. The average molecular weight is 304 g/mol. The first-order valence-corrected chi connectivity index (χ1v) is 5.21. The van der Waals surface area contributed by atoms with E-state index in [1.807, 2.05) is 0 Å². The minimum Gasteiger partial charge on any atom is -0.387 e. The third kappa shape index (κ3) is 2.44. The lowest BCUT2D eigenvalue weighted by Crippen LogP contribution is -2.56. The highest BCUT2D eigenvalue weighted by molar-refractivity contribution is 6.05. The van der Waals surface area contributed by atoms with Crippen LogP contribution in [0.5, 0.6) is 0 Å². The van der Waals surface area contributed by atoms with E-state index in [2.05, 4.69) is 5.32 Å². The molecular formula is C10H7F7N2O. The Morgan fingerprint density at radius 3 is 2.05 bits per heavy atom. The summed E-state index contributed by atoms with van der Waals surface area (Å²) < 4.78 is 87.5. The van der Waals surface area contributed by atoms with E-state index in [4.69, 9.17) is 5.26 Å². The Hall–Kier alpha value is -1.79. The van der Waals surface area contributed by atoms with Gasteiger partial charge in [0.15, 0.2) is 0 Å². The van der Waals surface area contributed by atoms with Crippen molar-refractivity contribution in [3.63, 3.8) is 0 Å². The fourth-order valence-electron chi connectivity index (χ4n) is 1.54. The molecule has 1 aliphatic rings. The van der Waals surface area contributed by atoms with Crippen LogP contribution < -0.4 is 5.32 Å². The monoisotopic (exact) mass is 304 g/mol. The van der Waals surface area contributed by atoms with E-state index < -0.39 is 29.4 Å². The van der Waals surface area contributed by atoms with Gasteiger partial charge < -0.3 is 5.32 Å². The summed E-state index contributed by atoms with van der Waals surface area (Å²) in [6.07, 6.45) is -6.32. The van der Waals surface area contributed by atoms with Gasteiger partial charge in [0.2, 0.25) is 0 Å². The van der Waals surface area contributed by atoms with Gasteiger partial charge in [0.05, 0.1) is 0 Å². The van der Waals surface area contributed by atoms with Crippen molar-refractivity contribution in [1.29, 1.82) is 5.26 Å². The molecule has 0 saturated carbocycles. The predicted octanol–water partition coefficient (Wildman–Crippen LogP) is 2.55. The van der Waals surface area contributed by atoms with Crippen LogP contribution in [0.3, 0.4) is 0 Å². The molecule has 10 heteroatoms. The van der Waals surface area contributed by atoms with Crippen LogP contribution in [0.25, 0.3) is 0 Å². The second kappa shape index (κ2) is 4.96. The van der Waals surface area contributed by atoms with E-state index in [1.165, 1.54) is 0 Å². The molecule has 0 radical (unpaired) electrons. The average Bonchev–Trinajstić information content (AvgIpc) is 2.81. The van der Waals surface area contributed by atoms with Crippen LogP contribution in [0.1, 0.15) is 12.8 Å². The minimum atomic E-state index is -6.61. The van der Waals surface area contributed by atoms with Crippen LogP contribution in [-0.2, 0) is 4.79 Å². The molecule has 0 amide bonds. The molecule has 0 aliphatic carbocycles. The Kier molecular flexibility index (Phi) is 4.03. The second-order valence-corrected chi connectivity index (χ2v) is 3.97. The Morgan fingerprint density at radius 2 is 1.70 bits per heavy atom. The fourth-order valence-corrected chi connectivity index (χ4v) is 1.54. The number of halogens is 7. The fraction of sp³-hybridized carbons (Fsp3) is 0.600. The van der Waals surface area contributed by atoms with Crippen molar-refractivity contribution in [3.8, 4) is 6.07 Å². The second-order valence-electron chi connectivity index (χ2n) is 3.97. The van der Waals surface area contributed by atoms with Gasteiger partial charge in [0.25, 0.3) is 5.78 Å². The number of ketones is 1. The Balaban J connectivity index is 3.25. The molecule has 1 N–H and O–H groups in total. The van der Waals surface area contributed by atoms with Crippen molar-refractivity contribution in [1.82, 2.24) is 5.32 Å². The number of nitrogens with zero attached hydrogens (tertiary/aromatic N) is 1. The van der Waals surface area contributed by atoms with E-state index in [1.54, 1.807) is 0 Å². The van der Waals surface area contributed by atoms with Crippen LogP contribution in [0, 0.1) is 11.3 Å². The number of carbonyl (C=O) groups excluding carboxylic acids is 1. The lowest BCUT2D eigenvalue weighted by atomic mass is 9.98. The standard InChI is InChI=1S/C10H7F7N2O/c11-8(12,9(13,14)10(15,16)17)7(20)5(4-18)6-2-1-3-19-6/h19H,1-3H2/b6-5-. The van der Waals surface area contributed by atoms with Gasteiger partial charge in [-0.05, 0) is 12.8 Å².